The van der Waals surface area contributed by atoms with Gasteiger partial charge in [-0.1, -0.05) is 0 Å². The second kappa shape index (κ2) is 5.34. The molecule has 0 saturated heterocycles. The van der Waals surface area contributed by atoms with Gasteiger partial charge in [-0.25, -0.2) is 4.79 Å². The molecule has 6 nitrogen and oxygen atoms in total. The summed E-state index contributed by atoms with van der Waals surface area (Å²) < 4.78 is 4.85. The molecule has 0 aliphatic rings. The van der Waals surface area contributed by atoms with Crippen molar-refractivity contribution in [2.45, 2.75) is 13.5 Å². The summed E-state index contributed by atoms with van der Waals surface area (Å²) in [5.74, 6) is -0.266. The van der Waals surface area contributed by atoms with E-state index in [2.05, 4.69) is 10.3 Å². The Balaban J connectivity index is 2.12. The molecule has 2 rings (SSSR count). The van der Waals surface area contributed by atoms with Crippen LogP contribution in [0.3, 0.4) is 0 Å². The fourth-order valence-corrected chi connectivity index (χ4v) is 1.55. The molecular formula is C13H12N2O4. The molecule has 98 valence electrons. The number of pyridine rings is 1. The lowest BCUT2D eigenvalue weighted by molar-refractivity contribution is 0.0950. The summed E-state index contributed by atoms with van der Waals surface area (Å²) in [5.41, 5.74) is -0.273. The Morgan fingerprint density at radius 1 is 1.53 bits per heavy atom. The highest BCUT2D eigenvalue weighted by molar-refractivity contribution is 5.93. The van der Waals surface area contributed by atoms with Gasteiger partial charge in [-0.15, -0.1) is 0 Å². The van der Waals surface area contributed by atoms with Crippen LogP contribution in [0.5, 0.6) is 5.75 Å². The molecule has 0 spiro atoms. The van der Waals surface area contributed by atoms with Crippen molar-refractivity contribution >= 4 is 5.91 Å². The first-order valence-electron chi connectivity index (χ1n) is 5.58. The van der Waals surface area contributed by atoms with E-state index < -0.39 is 5.63 Å². The van der Waals surface area contributed by atoms with E-state index in [1.165, 1.54) is 12.3 Å². The van der Waals surface area contributed by atoms with Gasteiger partial charge in [0.15, 0.2) is 0 Å². The second-order valence-corrected chi connectivity index (χ2v) is 3.93. The smallest absolute Gasteiger partial charge is 0.344 e. The lowest BCUT2D eigenvalue weighted by atomic mass is 10.2. The largest absolute Gasteiger partial charge is 0.507 e. The van der Waals surface area contributed by atoms with Crippen LogP contribution in [0.4, 0.5) is 0 Å². The molecule has 0 aliphatic heterocycles. The van der Waals surface area contributed by atoms with E-state index in [-0.39, 0.29) is 23.8 Å². The minimum Gasteiger partial charge on any atom is -0.507 e. The average molecular weight is 260 g/mol. The van der Waals surface area contributed by atoms with Crippen LogP contribution in [0, 0.1) is 6.92 Å². The fraction of sp³-hybridized carbons (Fsp3) is 0.154. The van der Waals surface area contributed by atoms with E-state index in [9.17, 15) is 14.7 Å². The Morgan fingerprint density at radius 2 is 2.32 bits per heavy atom. The van der Waals surface area contributed by atoms with Gasteiger partial charge in [-0.3, -0.25) is 9.78 Å². The molecule has 2 heterocycles. The zero-order valence-electron chi connectivity index (χ0n) is 10.2. The normalized spacial score (nSPS) is 10.2. The van der Waals surface area contributed by atoms with Gasteiger partial charge < -0.3 is 14.8 Å². The third kappa shape index (κ3) is 2.98. The number of carbonyl (C=O) groups is 1. The Morgan fingerprint density at radius 3 is 2.95 bits per heavy atom. The predicted molar refractivity (Wildman–Crippen MR) is 66.8 cm³/mol. The van der Waals surface area contributed by atoms with Gasteiger partial charge >= 0.3 is 5.63 Å². The lowest BCUT2D eigenvalue weighted by Crippen LogP contribution is -2.26. The van der Waals surface area contributed by atoms with E-state index >= 15 is 0 Å². The summed E-state index contributed by atoms with van der Waals surface area (Å²) in [5, 5.41) is 12.1. The molecule has 0 radical (unpaired) electrons. The molecular weight excluding hydrogens is 248 g/mol. The quantitative estimate of drug-likeness (QED) is 0.858. The van der Waals surface area contributed by atoms with Crippen molar-refractivity contribution in [1.29, 1.82) is 0 Å². The zero-order chi connectivity index (χ0) is 13.8. The van der Waals surface area contributed by atoms with Crippen LogP contribution in [-0.4, -0.2) is 16.0 Å². The maximum absolute atomic E-state index is 11.7. The average Bonchev–Trinajstić information content (AvgIpc) is 2.38. The predicted octanol–water partition coefficient (Wildman–Crippen LogP) is 0.979. The molecule has 0 fully saturated rings. The number of rotatable bonds is 3. The number of amides is 1. The molecule has 0 unspecified atom stereocenters. The van der Waals surface area contributed by atoms with Gasteiger partial charge in [-0.05, 0) is 19.1 Å². The summed E-state index contributed by atoms with van der Waals surface area (Å²) in [6, 6.07) is 4.55. The van der Waals surface area contributed by atoms with Gasteiger partial charge in [0.05, 0.1) is 17.7 Å². The van der Waals surface area contributed by atoms with E-state index in [0.717, 1.165) is 0 Å². The van der Waals surface area contributed by atoms with Gasteiger partial charge in [0.1, 0.15) is 11.5 Å². The molecule has 0 atom stereocenters. The van der Waals surface area contributed by atoms with Crippen LogP contribution in [0.2, 0.25) is 0 Å². The number of hydrogen-bond donors (Lipinski definition) is 2. The first kappa shape index (κ1) is 12.8. The molecule has 19 heavy (non-hydrogen) atoms. The van der Waals surface area contributed by atoms with Crippen molar-refractivity contribution in [3.63, 3.8) is 0 Å². The number of aryl methyl sites for hydroxylation is 1. The molecule has 0 saturated carbocycles. The van der Waals surface area contributed by atoms with Crippen molar-refractivity contribution < 1.29 is 14.3 Å². The van der Waals surface area contributed by atoms with E-state index in [0.29, 0.717) is 11.3 Å². The summed E-state index contributed by atoms with van der Waals surface area (Å²) in [6.45, 7) is 1.45. The molecule has 1 amide bonds. The molecule has 6 heteroatoms. The zero-order valence-corrected chi connectivity index (χ0v) is 10.2. The van der Waals surface area contributed by atoms with Crippen LogP contribution >= 0.6 is 0 Å². The van der Waals surface area contributed by atoms with Crippen LogP contribution in [-0.2, 0) is 6.54 Å². The van der Waals surface area contributed by atoms with E-state index in [1.807, 2.05) is 0 Å². The molecule has 2 aromatic heterocycles. The minimum absolute atomic E-state index is 0.0165. The van der Waals surface area contributed by atoms with Gasteiger partial charge in [0, 0.05) is 18.5 Å². The SMILES string of the molecule is Cc1cc(O)c(CNC(=O)c2cccnc2)c(=O)o1. The standard InChI is InChI=1S/C13H12N2O4/c1-8-5-11(16)10(13(18)19-8)7-15-12(17)9-3-2-4-14-6-9/h2-6,16H,7H2,1H3,(H,15,17). The highest BCUT2D eigenvalue weighted by Crippen LogP contribution is 2.14. The first-order valence-corrected chi connectivity index (χ1v) is 5.58. The van der Waals surface area contributed by atoms with Gasteiger partial charge in [0.25, 0.3) is 5.91 Å². The van der Waals surface area contributed by atoms with Crippen molar-refractivity contribution in [2.75, 3.05) is 0 Å². The molecule has 0 aromatic carbocycles. The monoisotopic (exact) mass is 260 g/mol. The molecule has 0 bridgehead atoms. The van der Waals surface area contributed by atoms with Gasteiger partial charge in [-0.2, -0.15) is 0 Å². The third-order valence-corrected chi connectivity index (χ3v) is 2.50. The molecule has 0 aliphatic carbocycles. The maximum atomic E-state index is 11.7. The molecule has 2 N–H and O–H groups in total. The van der Waals surface area contributed by atoms with E-state index in [4.69, 9.17) is 4.42 Å². The summed E-state index contributed by atoms with van der Waals surface area (Å²) in [4.78, 5) is 27.1. The molecule has 2 aromatic rings. The van der Waals surface area contributed by atoms with Crippen LogP contribution in [0.25, 0.3) is 0 Å². The van der Waals surface area contributed by atoms with Crippen molar-refractivity contribution in [3.8, 4) is 5.75 Å². The highest BCUT2D eigenvalue weighted by atomic mass is 16.4. The lowest BCUT2D eigenvalue weighted by Gasteiger charge is -2.06. The number of nitrogens with zero attached hydrogens (tertiary/aromatic N) is 1. The second-order valence-electron chi connectivity index (χ2n) is 3.93. The Hall–Kier alpha value is -2.63. The minimum atomic E-state index is -0.663. The number of aromatic nitrogens is 1. The number of nitrogens with one attached hydrogen (secondary N) is 1. The number of hydrogen-bond acceptors (Lipinski definition) is 5. The van der Waals surface area contributed by atoms with Crippen molar-refractivity contribution in [2.24, 2.45) is 0 Å². The van der Waals surface area contributed by atoms with Crippen molar-refractivity contribution in [3.05, 3.63) is 57.9 Å². The Bertz CT molecular complexity index is 649. The third-order valence-electron chi connectivity index (χ3n) is 2.50. The fourth-order valence-electron chi connectivity index (χ4n) is 1.55. The van der Waals surface area contributed by atoms with Gasteiger partial charge in [0.2, 0.25) is 0 Å². The Labute approximate surface area is 108 Å². The first-order chi connectivity index (χ1) is 9.08. The summed E-state index contributed by atoms with van der Waals surface area (Å²) >= 11 is 0. The van der Waals surface area contributed by atoms with Crippen LogP contribution < -0.4 is 10.9 Å². The summed E-state index contributed by atoms with van der Waals surface area (Å²) in [6.07, 6.45) is 2.96. The van der Waals surface area contributed by atoms with Crippen LogP contribution in [0.15, 0.2) is 39.8 Å². The van der Waals surface area contributed by atoms with E-state index in [1.54, 1.807) is 25.3 Å². The maximum Gasteiger partial charge on any atom is 0.344 e. The highest BCUT2D eigenvalue weighted by Gasteiger charge is 2.12. The summed E-state index contributed by atoms with van der Waals surface area (Å²) in [7, 11) is 0. The Kier molecular flexibility index (Phi) is 3.61. The van der Waals surface area contributed by atoms with Crippen LogP contribution in [0.1, 0.15) is 21.7 Å². The number of aromatic hydroxyl groups is 1. The number of carbonyl (C=O) groups excluding carboxylic acids is 1. The topological polar surface area (TPSA) is 92.4 Å². The van der Waals surface area contributed by atoms with Crippen molar-refractivity contribution in [1.82, 2.24) is 10.3 Å².